The lowest BCUT2D eigenvalue weighted by molar-refractivity contribution is -0.136. The highest BCUT2D eigenvalue weighted by molar-refractivity contribution is 5.78. The van der Waals surface area contributed by atoms with Crippen LogP contribution >= 0.6 is 0 Å². The van der Waals surface area contributed by atoms with Crippen LogP contribution in [0.5, 0.6) is 0 Å². The second-order valence-corrected chi connectivity index (χ2v) is 4.60. The lowest BCUT2D eigenvalue weighted by Gasteiger charge is -2.37. The Bertz CT molecular complexity index is 283. The highest BCUT2D eigenvalue weighted by Gasteiger charge is 2.29. The van der Waals surface area contributed by atoms with E-state index in [1.165, 1.54) is 0 Å². The van der Waals surface area contributed by atoms with Crippen molar-refractivity contribution in [1.82, 2.24) is 4.90 Å². The first-order valence-electron chi connectivity index (χ1n) is 5.86. The van der Waals surface area contributed by atoms with Crippen molar-refractivity contribution in [2.24, 2.45) is 0 Å². The minimum Gasteiger partial charge on any atom is -0.375 e. The molecule has 90 valence electrons. The largest absolute Gasteiger partial charge is 0.375 e. The number of likely N-dealkylation sites (tertiary alicyclic amines) is 1. The molecule has 0 unspecified atom stereocenters. The van der Waals surface area contributed by atoms with Gasteiger partial charge in [-0.3, -0.25) is 4.79 Å². The number of rotatable bonds is 3. The van der Waals surface area contributed by atoms with Gasteiger partial charge in [0.25, 0.3) is 0 Å². The number of nitriles is 1. The van der Waals surface area contributed by atoms with Gasteiger partial charge in [0, 0.05) is 12.6 Å². The van der Waals surface area contributed by atoms with Crippen LogP contribution < -0.4 is 0 Å². The van der Waals surface area contributed by atoms with Crippen LogP contribution in [0.3, 0.4) is 0 Å². The molecule has 4 nitrogen and oxygen atoms in total. The van der Waals surface area contributed by atoms with Crippen LogP contribution in [0.1, 0.15) is 40.0 Å². The average Bonchev–Trinajstić information content (AvgIpc) is 2.16. The van der Waals surface area contributed by atoms with E-state index < -0.39 is 0 Å². The molecule has 1 fully saturated rings. The summed E-state index contributed by atoms with van der Waals surface area (Å²) in [6.07, 6.45) is 2.22. The Balaban J connectivity index is 2.46. The van der Waals surface area contributed by atoms with Crippen molar-refractivity contribution in [2.45, 2.75) is 58.3 Å². The zero-order valence-electron chi connectivity index (χ0n) is 10.3. The molecule has 0 radical (unpaired) electrons. The van der Waals surface area contributed by atoms with Gasteiger partial charge in [0.15, 0.2) is 0 Å². The standard InChI is InChI=1S/C12H20N2O2/c1-9(2)16-11-5-7-14(10(3)8-11)12(15)4-6-13/h9-11H,4-5,7-8H2,1-3H3/t10-,11-/m0/s1. The molecule has 1 amide bonds. The molecule has 1 saturated heterocycles. The van der Waals surface area contributed by atoms with Crippen LogP contribution in [0, 0.1) is 11.3 Å². The van der Waals surface area contributed by atoms with E-state index in [2.05, 4.69) is 0 Å². The molecule has 0 saturated carbocycles. The number of piperidine rings is 1. The summed E-state index contributed by atoms with van der Waals surface area (Å²) in [5.74, 6) is -0.0574. The Morgan fingerprint density at radius 2 is 2.31 bits per heavy atom. The number of ether oxygens (including phenoxy) is 1. The van der Waals surface area contributed by atoms with Crippen molar-refractivity contribution in [1.29, 1.82) is 5.26 Å². The van der Waals surface area contributed by atoms with Crippen LogP contribution in [-0.2, 0) is 9.53 Å². The van der Waals surface area contributed by atoms with Crippen LogP contribution in [0.4, 0.5) is 0 Å². The van der Waals surface area contributed by atoms with Gasteiger partial charge in [-0.2, -0.15) is 5.26 Å². The first-order valence-corrected chi connectivity index (χ1v) is 5.86. The molecule has 0 aromatic carbocycles. The molecule has 0 aromatic rings. The van der Waals surface area contributed by atoms with Crippen molar-refractivity contribution in [3.05, 3.63) is 0 Å². The van der Waals surface area contributed by atoms with Crippen LogP contribution in [0.2, 0.25) is 0 Å². The maximum absolute atomic E-state index is 11.6. The molecular formula is C12H20N2O2. The molecular weight excluding hydrogens is 204 g/mol. The highest BCUT2D eigenvalue weighted by Crippen LogP contribution is 2.21. The topological polar surface area (TPSA) is 53.3 Å². The van der Waals surface area contributed by atoms with E-state index in [9.17, 15) is 4.79 Å². The SMILES string of the molecule is CC(C)O[C@H]1CCN(C(=O)CC#N)[C@@H](C)C1. The fraction of sp³-hybridized carbons (Fsp3) is 0.833. The Morgan fingerprint density at radius 3 is 2.81 bits per heavy atom. The molecule has 0 bridgehead atoms. The molecule has 2 atom stereocenters. The molecule has 16 heavy (non-hydrogen) atoms. The number of hydrogen-bond donors (Lipinski definition) is 0. The molecule has 0 spiro atoms. The summed E-state index contributed by atoms with van der Waals surface area (Å²) >= 11 is 0. The Hall–Kier alpha value is -1.08. The van der Waals surface area contributed by atoms with Crippen LogP contribution in [-0.4, -0.2) is 35.6 Å². The Labute approximate surface area is 97.2 Å². The Morgan fingerprint density at radius 1 is 1.62 bits per heavy atom. The van der Waals surface area contributed by atoms with Gasteiger partial charge in [-0.15, -0.1) is 0 Å². The van der Waals surface area contributed by atoms with E-state index in [0.29, 0.717) is 6.54 Å². The van der Waals surface area contributed by atoms with Gasteiger partial charge in [-0.25, -0.2) is 0 Å². The van der Waals surface area contributed by atoms with Gasteiger partial charge in [0.2, 0.25) is 5.91 Å². The minimum atomic E-state index is -0.0574. The fourth-order valence-corrected chi connectivity index (χ4v) is 2.18. The van der Waals surface area contributed by atoms with E-state index in [-0.39, 0.29) is 30.6 Å². The van der Waals surface area contributed by atoms with Crippen molar-refractivity contribution >= 4 is 5.91 Å². The van der Waals surface area contributed by atoms with E-state index in [0.717, 1.165) is 12.8 Å². The summed E-state index contributed by atoms with van der Waals surface area (Å²) in [6.45, 7) is 6.78. The summed E-state index contributed by atoms with van der Waals surface area (Å²) in [7, 11) is 0. The third kappa shape index (κ3) is 3.49. The number of nitrogens with zero attached hydrogens (tertiary/aromatic N) is 2. The van der Waals surface area contributed by atoms with Gasteiger partial charge in [-0.05, 0) is 33.6 Å². The smallest absolute Gasteiger partial charge is 0.237 e. The highest BCUT2D eigenvalue weighted by atomic mass is 16.5. The van der Waals surface area contributed by atoms with Crippen molar-refractivity contribution < 1.29 is 9.53 Å². The van der Waals surface area contributed by atoms with Crippen LogP contribution in [0.15, 0.2) is 0 Å². The lowest BCUT2D eigenvalue weighted by Crippen LogP contribution is -2.46. The molecule has 0 aliphatic carbocycles. The summed E-state index contributed by atoms with van der Waals surface area (Å²) in [6, 6.07) is 2.09. The molecule has 4 heteroatoms. The molecule has 1 rings (SSSR count). The number of hydrogen-bond acceptors (Lipinski definition) is 3. The van der Waals surface area contributed by atoms with Gasteiger partial charge >= 0.3 is 0 Å². The average molecular weight is 224 g/mol. The third-order valence-electron chi connectivity index (χ3n) is 2.84. The van der Waals surface area contributed by atoms with Gasteiger partial charge in [-0.1, -0.05) is 0 Å². The van der Waals surface area contributed by atoms with Gasteiger partial charge in [0.05, 0.1) is 18.3 Å². The van der Waals surface area contributed by atoms with Crippen molar-refractivity contribution in [2.75, 3.05) is 6.54 Å². The molecule has 1 aliphatic rings. The quantitative estimate of drug-likeness (QED) is 0.733. The first kappa shape index (κ1) is 13.0. The summed E-state index contributed by atoms with van der Waals surface area (Å²) in [5.41, 5.74) is 0. The number of carbonyl (C=O) groups excluding carboxylic acids is 1. The monoisotopic (exact) mass is 224 g/mol. The molecule has 0 N–H and O–H groups in total. The van der Waals surface area contributed by atoms with Gasteiger partial charge in [0.1, 0.15) is 6.42 Å². The summed E-state index contributed by atoms with van der Waals surface area (Å²) in [4.78, 5) is 13.4. The van der Waals surface area contributed by atoms with Gasteiger partial charge < -0.3 is 9.64 Å². The van der Waals surface area contributed by atoms with E-state index in [1.807, 2.05) is 26.8 Å². The number of amides is 1. The molecule has 0 aromatic heterocycles. The maximum atomic E-state index is 11.6. The first-order chi connectivity index (χ1) is 7.54. The normalized spacial score (nSPS) is 25.6. The predicted octanol–water partition coefficient (Wildman–Crippen LogP) is 1.70. The second-order valence-electron chi connectivity index (χ2n) is 4.60. The molecule has 1 aliphatic heterocycles. The predicted molar refractivity (Wildman–Crippen MR) is 60.6 cm³/mol. The third-order valence-corrected chi connectivity index (χ3v) is 2.84. The Kier molecular flexibility index (Phi) is 4.75. The second kappa shape index (κ2) is 5.86. The van der Waals surface area contributed by atoms with Crippen molar-refractivity contribution in [3.63, 3.8) is 0 Å². The molecule has 1 heterocycles. The van der Waals surface area contributed by atoms with Crippen molar-refractivity contribution in [3.8, 4) is 6.07 Å². The summed E-state index contributed by atoms with van der Waals surface area (Å²) < 4.78 is 5.75. The fourth-order valence-electron chi connectivity index (χ4n) is 2.18. The van der Waals surface area contributed by atoms with E-state index >= 15 is 0 Å². The van der Waals surface area contributed by atoms with Crippen LogP contribution in [0.25, 0.3) is 0 Å². The zero-order valence-corrected chi connectivity index (χ0v) is 10.3. The maximum Gasteiger partial charge on any atom is 0.237 e. The van der Waals surface area contributed by atoms with E-state index in [1.54, 1.807) is 4.90 Å². The zero-order chi connectivity index (χ0) is 12.1. The number of carbonyl (C=O) groups is 1. The summed E-state index contributed by atoms with van der Waals surface area (Å²) in [5, 5.41) is 8.50. The van der Waals surface area contributed by atoms with E-state index in [4.69, 9.17) is 10.00 Å². The lowest BCUT2D eigenvalue weighted by atomic mass is 10.00. The minimum absolute atomic E-state index is 0.0138.